The Hall–Kier alpha value is -4.71. The highest BCUT2D eigenvalue weighted by Gasteiger charge is 2.19. The summed E-state index contributed by atoms with van der Waals surface area (Å²) in [5, 5.41) is 8.95. The van der Waals surface area contributed by atoms with Crippen molar-refractivity contribution in [3.8, 4) is 11.1 Å². The summed E-state index contributed by atoms with van der Waals surface area (Å²) in [7, 11) is 3.99. The molecule has 0 heterocycles. The van der Waals surface area contributed by atoms with Crippen LogP contribution < -0.4 is 9.80 Å². The van der Waals surface area contributed by atoms with Crippen molar-refractivity contribution in [1.82, 2.24) is 0 Å². The van der Waals surface area contributed by atoms with Gasteiger partial charge in [0.25, 0.3) is 5.91 Å². The van der Waals surface area contributed by atoms with Gasteiger partial charge in [-0.1, -0.05) is 54.6 Å². The molecule has 0 spiro atoms. The Morgan fingerprint density at radius 1 is 0.811 bits per heavy atom. The monoisotopic (exact) mass is 494 g/mol. The van der Waals surface area contributed by atoms with Gasteiger partial charge >= 0.3 is 5.97 Å². The number of rotatable bonds is 8. The maximum Gasteiger partial charge on any atom is 0.328 e. The molecule has 0 aromatic heterocycles. The summed E-state index contributed by atoms with van der Waals surface area (Å²) in [6.45, 7) is 0.207. The van der Waals surface area contributed by atoms with Crippen molar-refractivity contribution >= 4 is 29.3 Å². The number of carboxylic acid groups (broad SMARTS) is 1. The molecule has 1 N–H and O–H groups in total. The van der Waals surface area contributed by atoms with Gasteiger partial charge in [-0.15, -0.1) is 0 Å². The molecule has 6 heteroatoms. The van der Waals surface area contributed by atoms with Crippen LogP contribution in [0.1, 0.15) is 21.5 Å². The van der Waals surface area contributed by atoms with Gasteiger partial charge in [-0.25, -0.2) is 9.18 Å². The first-order valence-corrected chi connectivity index (χ1v) is 11.8. The molecule has 0 saturated carbocycles. The van der Waals surface area contributed by atoms with Gasteiger partial charge in [-0.3, -0.25) is 4.79 Å². The molecule has 0 radical (unpaired) electrons. The number of anilines is 2. The van der Waals surface area contributed by atoms with E-state index in [-0.39, 0.29) is 12.5 Å². The van der Waals surface area contributed by atoms with Crippen molar-refractivity contribution in [1.29, 1.82) is 0 Å². The second kappa shape index (κ2) is 11.4. The lowest BCUT2D eigenvalue weighted by Gasteiger charge is -2.24. The number of carboxylic acids is 1. The first kappa shape index (κ1) is 25.4. The van der Waals surface area contributed by atoms with Crippen LogP contribution in [0.25, 0.3) is 17.2 Å². The largest absolute Gasteiger partial charge is 0.478 e. The highest BCUT2D eigenvalue weighted by molar-refractivity contribution is 6.06. The molecular weight excluding hydrogens is 467 g/mol. The van der Waals surface area contributed by atoms with Gasteiger partial charge in [-0.2, -0.15) is 0 Å². The Balaban J connectivity index is 1.66. The molecule has 1 amide bonds. The van der Waals surface area contributed by atoms with E-state index in [4.69, 9.17) is 5.11 Å². The molecule has 4 aromatic rings. The number of hydrogen-bond donors (Lipinski definition) is 1. The van der Waals surface area contributed by atoms with Gasteiger partial charge in [0.2, 0.25) is 0 Å². The summed E-state index contributed by atoms with van der Waals surface area (Å²) < 4.78 is 14.5. The molecule has 0 unspecified atom stereocenters. The molecule has 4 rings (SSSR count). The van der Waals surface area contributed by atoms with Gasteiger partial charge in [-0.05, 0) is 70.8 Å². The lowest BCUT2D eigenvalue weighted by molar-refractivity contribution is -0.131. The number of hydrogen-bond acceptors (Lipinski definition) is 3. The van der Waals surface area contributed by atoms with Gasteiger partial charge in [0.1, 0.15) is 5.82 Å². The highest BCUT2D eigenvalue weighted by Crippen LogP contribution is 2.26. The summed E-state index contributed by atoms with van der Waals surface area (Å²) in [6, 6.07) is 29.0. The molecule has 0 aliphatic heterocycles. The Kier molecular flexibility index (Phi) is 7.79. The van der Waals surface area contributed by atoms with Crippen molar-refractivity contribution < 1.29 is 19.1 Å². The summed E-state index contributed by atoms with van der Waals surface area (Å²) in [5.74, 6) is -1.99. The Morgan fingerprint density at radius 3 is 2.03 bits per heavy atom. The minimum atomic E-state index is -1.14. The number of amides is 1. The molecule has 5 nitrogen and oxygen atoms in total. The molecule has 37 heavy (non-hydrogen) atoms. The summed E-state index contributed by atoms with van der Waals surface area (Å²) in [5.41, 5.74) is 5.25. The van der Waals surface area contributed by atoms with E-state index in [0.29, 0.717) is 16.8 Å². The van der Waals surface area contributed by atoms with E-state index in [1.807, 2.05) is 49.3 Å². The normalized spacial score (nSPS) is 10.9. The minimum absolute atomic E-state index is 0.207. The SMILES string of the molecule is CN(C)c1ccc(-c2ccc(CN(C(=O)c3ccccc3)c3cc(F)cc(C=CC(=O)O)c3)cc2)cc1. The molecule has 186 valence electrons. The fourth-order valence-corrected chi connectivity index (χ4v) is 3.97. The van der Waals surface area contributed by atoms with E-state index in [1.165, 1.54) is 23.1 Å². The third-order valence-electron chi connectivity index (χ3n) is 5.91. The van der Waals surface area contributed by atoms with E-state index in [9.17, 15) is 14.0 Å². The van der Waals surface area contributed by atoms with Crippen LogP contribution in [0.4, 0.5) is 15.8 Å². The second-order valence-corrected chi connectivity index (χ2v) is 8.81. The molecule has 4 aromatic carbocycles. The molecule has 0 aliphatic carbocycles. The lowest BCUT2D eigenvalue weighted by Crippen LogP contribution is -2.30. The van der Waals surface area contributed by atoms with Gasteiger partial charge in [0.15, 0.2) is 0 Å². The zero-order valence-electron chi connectivity index (χ0n) is 20.6. The fraction of sp³-hybridized carbons (Fsp3) is 0.0968. The van der Waals surface area contributed by atoms with Crippen LogP contribution >= 0.6 is 0 Å². The summed E-state index contributed by atoms with van der Waals surface area (Å²) in [4.78, 5) is 28.0. The van der Waals surface area contributed by atoms with Crippen molar-refractivity contribution in [3.63, 3.8) is 0 Å². The van der Waals surface area contributed by atoms with E-state index >= 15 is 0 Å². The molecule has 0 saturated heterocycles. The topological polar surface area (TPSA) is 60.9 Å². The van der Waals surface area contributed by atoms with Crippen LogP contribution in [0.15, 0.2) is 103 Å². The number of nitrogens with zero attached hydrogens (tertiary/aromatic N) is 2. The predicted molar refractivity (Wildman–Crippen MR) is 146 cm³/mol. The van der Waals surface area contributed by atoms with E-state index in [2.05, 4.69) is 24.3 Å². The first-order valence-electron chi connectivity index (χ1n) is 11.8. The number of benzene rings is 4. The maximum absolute atomic E-state index is 14.5. The van der Waals surface area contributed by atoms with Crippen molar-refractivity contribution in [2.24, 2.45) is 0 Å². The van der Waals surface area contributed by atoms with Crippen molar-refractivity contribution in [2.45, 2.75) is 6.54 Å². The van der Waals surface area contributed by atoms with Crippen LogP contribution in [-0.2, 0) is 11.3 Å². The molecular formula is C31H27FN2O3. The Bertz CT molecular complexity index is 1410. The van der Waals surface area contributed by atoms with E-state index in [1.54, 1.807) is 30.3 Å². The Labute approximate surface area is 215 Å². The van der Waals surface area contributed by atoms with Crippen LogP contribution in [0, 0.1) is 5.82 Å². The van der Waals surface area contributed by atoms with Crippen molar-refractivity contribution in [3.05, 3.63) is 126 Å². The number of aliphatic carboxylic acids is 1. The number of halogens is 1. The van der Waals surface area contributed by atoms with Gasteiger partial charge in [0.05, 0.1) is 6.54 Å². The number of carbonyl (C=O) groups excluding carboxylic acids is 1. The average molecular weight is 495 g/mol. The predicted octanol–water partition coefficient (Wildman–Crippen LogP) is 6.50. The van der Waals surface area contributed by atoms with Gasteiger partial charge in [0, 0.05) is 37.1 Å². The zero-order chi connectivity index (χ0) is 26.4. The minimum Gasteiger partial charge on any atom is -0.478 e. The standard InChI is InChI=1S/C31H27FN2O3/c1-33(2)28-15-13-25(14-16-28)24-11-8-22(9-12-24)21-34(31(37)26-6-4-3-5-7-26)29-19-23(10-17-30(35)36)18-27(32)20-29/h3-20H,21H2,1-2H3,(H,35,36). The maximum atomic E-state index is 14.5. The first-order chi connectivity index (χ1) is 17.8. The quantitative estimate of drug-likeness (QED) is 0.284. The second-order valence-electron chi connectivity index (χ2n) is 8.81. The highest BCUT2D eigenvalue weighted by atomic mass is 19.1. The van der Waals surface area contributed by atoms with Crippen LogP contribution in [-0.4, -0.2) is 31.1 Å². The number of carbonyl (C=O) groups is 2. The zero-order valence-corrected chi connectivity index (χ0v) is 20.6. The molecule has 0 atom stereocenters. The summed E-state index contributed by atoms with van der Waals surface area (Å²) >= 11 is 0. The molecule has 0 fully saturated rings. The van der Waals surface area contributed by atoms with Crippen molar-refractivity contribution in [2.75, 3.05) is 23.9 Å². The van der Waals surface area contributed by atoms with Crippen LogP contribution in [0.3, 0.4) is 0 Å². The van der Waals surface area contributed by atoms with Gasteiger partial charge < -0.3 is 14.9 Å². The fourth-order valence-electron chi connectivity index (χ4n) is 3.97. The van der Waals surface area contributed by atoms with Crippen LogP contribution in [0.5, 0.6) is 0 Å². The van der Waals surface area contributed by atoms with E-state index < -0.39 is 11.8 Å². The lowest BCUT2D eigenvalue weighted by atomic mass is 10.0. The molecule has 0 bridgehead atoms. The van der Waals surface area contributed by atoms with Crippen LogP contribution in [0.2, 0.25) is 0 Å². The van der Waals surface area contributed by atoms with E-state index in [0.717, 1.165) is 28.5 Å². The smallest absolute Gasteiger partial charge is 0.328 e. The average Bonchev–Trinajstić information content (AvgIpc) is 2.91. The third kappa shape index (κ3) is 6.49. The summed E-state index contributed by atoms with van der Waals surface area (Å²) in [6.07, 6.45) is 2.24. The Morgan fingerprint density at radius 2 is 1.43 bits per heavy atom. The third-order valence-corrected chi connectivity index (χ3v) is 5.91. The molecule has 0 aliphatic rings.